The van der Waals surface area contributed by atoms with Crippen LogP contribution in [0.4, 0.5) is 0 Å². The summed E-state index contributed by atoms with van der Waals surface area (Å²) in [4.78, 5) is 22.4. The summed E-state index contributed by atoms with van der Waals surface area (Å²) in [5, 5.41) is 11.2. The minimum Gasteiger partial charge on any atom is -0.480 e. The molecule has 1 aromatic carbocycles. The molecule has 2 N–H and O–H groups in total. The van der Waals surface area contributed by atoms with Gasteiger partial charge in [0.1, 0.15) is 6.04 Å². The van der Waals surface area contributed by atoms with Crippen LogP contribution in [0.3, 0.4) is 0 Å². The van der Waals surface area contributed by atoms with E-state index in [9.17, 15) is 9.59 Å². The highest BCUT2D eigenvalue weighted by Crippen LogP contribution is 2.26. The molecule has 1 atom stereocenters. The fourth-order valence-electron chi connectivity index (χ4n) is 1.75. The Balaban J connectivity index is 2.66. The molecule has 4 heteroatoms. The fourth-order valence-corrected chi connectivity index (χ4v) is 1.75. The third-order valence-electron chi connectivity index (χ3n) is 2.91. The first kappa shape index (κ1) is 14.2. The van der Waals surface area contributed by atoms with Crippen LogP contribution in [0.15, 0.2) is 30.3 Å². The van der Waals surface area contributed by atoms with E-state index in [0.29, 0.717) is 0 Å². The minimum absolute atomic E-state index is 0.251. The number of carbonyl (C=O) groups excluding carboxylic acids is 1. The first-order chi connectivity index (χ1) is 8.33. The SMILES string of the molecule is C[C@H](NC(=O)CC(C)(C)c1ccccc1)C(=O)O. The Bertz CT molecular complexity index is 426. The van der Waals surface area contributed by atoms with Crippen molar-refractivity contribution in [1.29, 1.82) is 0 Å². The summed E-state index contributed by atoms with van der Waals surface area (Å²) in [6.45, 7) is 5.39. The van der Waals surface area contributed by atoms with E-state index in [4.69, 9.17) is 5.11 Å². The van der Waals surface area contributed by atoms with Gasteiger partial charge in [-0.1, -0.05) is 44.2 Å². The van der Waals surface area contributed by atoms with Gasteiger partial charge in [-0.15, -0.1) is 0 Å². The highest BCUT2D eigenvalue weighted by Gasteiger charge is 2.25. The predicted octanol–water partition coefficient (Wildman–Crippen LogP) is 1.94. The zero-order chi connectivity index (χ0) is 13.8. The van der Waals surface area contributed by atoms with Crippen LogP contribution >= 0.6 is 0 Å². The third-order valence-corrected chi connectivity index (χ3v) is 2.91. The molecule has 4 nitrogen and oxygen atoms in total. The second kappa shape index (κ2) is 5.67. The monoisotopic (exact) mass is 249 g/mol. The lowest BCUT2D eigenvalue weighted by molar-refractivity contribution is -0.141. The molecule has 0 radical (unpaired) electrons. The van der Waals surface area contributed by atoms with Gasteiger partial charge in [-0.2, -0.15) is 0 Å². The summed E-state index contributed by atoms with van der Waals surface area (Å²) in [6, 6.07) is 8.85. The maximum absolute atomic E-state index is 11.8. The van der Waals surface area contributed by atoms with E-state index in [0.717, 1.165) is 5.56 Å². The molecule has 18 heavy (non-hydrogen) atoms. The van der Waals surface area contributed by atoms with Crippen molar-refractivity contribution in [3.8, 4) is 0 Å². The van der Waals surface area contributed by atoms with Crippen LogP contribution in [0.5, 0.6) is 0 Å². The average molecular weight is 249 g/mol. The Labute approximate surface area is 107 Å². The molecule has 0 aromatic heterocycles. The molecule has 0 aliphatic carbocycles. The van der Waals surface area contributed by atoms with Gasteiger partial charge in [-0.3, -0.25) is 9.59 Å². The van der Waals surface area contributed by atoms with Crippen LogP contribution in [0.25, 0.3) is 0 Å². The number of amides is 1. The van der Waals surface area contributed by atoms with Gasteiger partial charge in [-0.25, -0.2) is 0 Å². The lowest BCUT2D eigenvalue weighted by Crippen LogP contribution is -2.40. The third kappa shape index (κ3) is 3.87. The number of carbonyl (C=O) groups is 2. The summed E-state index contributed by atoms with van der Waals surface area (Å²) >= 11 is 0. The Morgan fingerprint density at radius 2 is 1.83 bits per heavy atom. The molecule has 0 spiro atoms. The van der Waals surface area contributed by atoms with Crippen LogP contribution in [0, 0.1) is 0 Å². The zero-order valence-corrected chi connectivity index (χ0v) is 10.9. The van der Waals surface area contributed by atoms with Crippen molar-refractivity contribution in [2.24, 2.45) is 0 Å². The highest BCUT2D eigenvalue weighted by molar-refractivity contribution is 5.83. The van der Waals surface area contributed by atoms with Crippen molar-refractivity contribution in [3.05, 3.63) is 35.9 Å². The normalized spacial score (nSPS) is 12.8. The number of benzene rings is 1. The lowest BCUT2D eigenvalue weighted by atomic mass is 9.81. The molecular weight excluding hydrogens is 230 g/mol. The Morgan fingerprint density at radius 3 is 2.33 bits per heavy atom. The molecule has 0 aliphatic rings. The summed E-state index contributed by atoms with van der Waals surface area (Å²) in [6.07, 6.45) is 0.259. The standard InChI is InChI=1S/C14H19NO3/c1-10(13(17)18)15-12(16)9-14(2,3)11-7-5-4-6-8-11/h4-8,10H,9H2,1-3H3,(H,15,16)(H,17,18)/t10-/m0/s1. The molecule has 1 amide bonds. The van der Waals surface area contributed by atoms with Crippen LogP contribution in [0.1, 0.15) is 32.8 Å². The van der Waals surface area contributed by atoms with Gasteiger partial charge in [0.05, 0.1) is 0 Å². The quantitative estimate of drug-likeness (QED) is 0.838. The molecule has 98 valence electrons. The van der Waals surface area contributed by atoms with Crippen molar-refractivity contribution in [2.75, 3.05) is 0 Å². The summed E-state index contributed by atoms with van der Waals surface area (Å²) in [5.74, 6) is -1.28. The topological polar surface area (TPSA) is 66.4 Å². The number of hydrogen-bond donors (Lipinski definition) is 2. The van der Waals surface area contributed by atoms with Crippen LogP contribution in [-0.2, 0) is 15.0 Å². The van der Waals surface area contributed by atoms with E-state index in [2.05, 4.69) is 5.32 Å². The van der Waals surface area contributed by atoms with E-state index in [1.54, 1.807) is 0 Å². The number of aliphatic carboxylic acids is 1. The van der Waals surface area contributed by atoms with E-state index in [-0.39, 0.29) is 17.7 Å². The first-order valence-corrected chi connectivity index (χ1v) is 5.90. The smallest absolute Gasteiger partial charge is 0.325 e. The van der Waals surface area contributed by atoms with Gasteiger partial charge in [0.2, 0.25) is 5.91 Å². The minimum atomic E-state index is -1.03. The maximum Gasteiger partial charge on any atom is 0.325 e. The number of rotatable bonds is 5. The molecule has 0 aliphatic heterocycles. The fraction of sp³-hybridized carbons (Fsp3) is 0.429. The molecule has 0 bridgehead atoms. The van der Waals surface area contributed by atoms with Crippen LogP contribution in [-0.4, -0.2) is 23.0 Å². The van der Waals surface area contributed by atoms with Crippen molar-refractivity contribution in [3.63, 3.8) is 0 Å². The Kier molecular flexibility index (Phi) is 4.48. The second-order valence-corrected chi connectivity index (χ2v) is 5.05. The summed E-state index contributed by atoms with van der Waals surface area (Å²) < 4.78 is 0. The number of carboxylic acids is 1. The summed E-state index contributed by atoms with van der Waals surface area (Å²) in [7, 11) is 0. The van der Waals surface area contributed by atoms with Gasteiger partial charge < -0.3 is 10.4 Å². The number of carboxylic acid groups (broad SMARTS) is 1. The molecule has 1 aromatic rings. The van der Waals surface area contributed by atoms with Crippen molar-refractivity contribution < 1.29 is 14.7 Å². The van der Waals surface area contributed by atoms with Crippen molar-refractivity contribution in [1.82, 2.24) is 5.32 Å². The Morgan fingerprint density at radius 1 is 1.28 bits per heavy atom. The van der Waals surface area contributed by atoms with Crippen molar-refractivity contribution in [2.45, 2.75) is 38.6 Å². The molecule has 0 fully saturated rings. The van der Waals surface area contributed by atoms with Gasteiger partial charge in [0.25, 0.3) is 0 Å². The maximum atomic E-state index is 11.8. The van der Waals surface area contributed by atoms with E-state index in [1.165, 1.54) is 6.92 Å². The van der Waals surface area contributed by atoms with E-state index < -0.39 is 12.0 Å². The Hall–Kier alpha value is -1.84. The largest absolute Gasteiger partial charge is 0.480 e. The summed E-state index contributed by atoms with van der Waals surface area (Å²) in [5.41, 5.74) is 0.743. The first-order valence-electron chi connectivity index (χ1n) is 5.90. The zero-order valence-electron chi connectivity index (χ0n) is 10.9. The predicted molar refractivity (Wildman–Crippen MR) is 69.3 cm³/mol. The van der Waals surface area contributed by atoms with Crippen molar-refractivity contribution >= 4 is 11.9 Å². The van der Waals surface area contributed by atoms with E-state index >= 15 is 0 Å². The molecule has 0 saturated heterocycles. The van der Waals surface area contributed by atoms with Crippen LogP contribution in [0.2, 0.25) is 0 Å². The van der Waals surface area contributed by atoms with Gasteiger partial charge in [0, 0.05) is 6.42 Å². The lowest BCUT2D eigenvalue weighted by Gasteiger charge is -2.25. The molecular formula is C14H19NO3. The highest BCUT2D eigenvalue weighted by atomic mass is 16.4. The molecule has 1 rings (SSSR count). The molecule has 0 saturated carbocycles. The van der Waals surface area contributed by atoms with E-state index in [1.807, 2.05) is 44.2 Å². The molecule has 0 heterocycles. The van der Waals surface area contributed by atoms with Crippen LogP contribution < -0.4 is 5.32 Å². The second-order valence-electron chi connectivity index (χ2n) is 5.05. The average Bonchev–Trinajstić information content (AvgIpc) is 2.29. The number of nitrogens with one attached hydrogen (secondary N) is 1. The number of hydrogen-bond acceptors (Lipinski definition) is 2. The van der Waals surface area contributed by atoms with Gasteiger partial charge >= 0.3 is 5.97 Å². The van der Waals surface area contributed by atoms with Gasteiger partial charge in [0.15, 0.2) is 0 Å². The molecule has 0 unspecified atom stereocenters. The van der Waals surface area contributed by atoms with Gasteiger partial charge in [-0.05, 0) is 17.9 Å².